The van der Waals surface area contributed by atoms with Gasteiger partial charge in [-0.2, -0.15) is 0 Å². The van der Waals surface area contributed by atoms with Crippen molar-refractivity contribution >= 4 is 17.9 Å². The van der Waals surface area contributed by atoms with Crippen molar-refractivity contribution in [3.05, 3.63) is 85.1 Å². The third-order valence-electron chi connectivity index (χ3n) is 13.2. The van der Waals surface area contributed by atoms with E-state index >= 15 is 0 Å². The van der Waals surface area contributed by atoms with Crippen LogP contribution in [0.2, 0.25) is 0 Å². The Bertz CT molecular complexity index is 1380. The van der Waals surface area contributed by atoms with Gasteiger partial charge in [0.05, 0.1) is 6.42 Å². The molecule has 0 saturated heterocycles. The summed E-state index contributed by atoms with van der Waals surface area (Å²) in [6.45, 7) is 6.46. The predicted octanol–water partition coefficient (Wildman–Crippen LogP) is 20.7. The SMILES string of the molecule is CC/C=C\C/C=C\C/C=C\C/C=C\C/C=C\CC(=O)OC(COC(=O)CCCCCCCCCCCCCCCC)COC(=O)CCCCCCCCCCCCCCC/C=C\C/C=C\CCCCCCC. The summed E-state index contributed by atoms with van der Waals surface area (Å²) < 4.78 is 16.8. The fourth-order valence-corrected chi connectivity index (χ4v) is 8.61. The molecular weight excluding hydrogens is 889 g/mol. The van der Waals surface area contributed by atoms with Crippen molar-refractivity contribution in [1.82, 2.24) is 0 Å². The minimum atomic E-state index is -0.830. The van der Waals surface area contributed by atoms with Crippen LogP contribution in [0, 0.1) is 0 Å². The van der Waals surface area contributed by atoms with E-state index in [-0.39, 0.29) is 31.6 Å². The molecule has 72 heavy (non-hydrogen) atoms. The fraction of sp³-hybridized carbons (Fsp3) is 0.742. The van der Waals surface area contributed by atoms with Gasteiger partial charge in [0.2, 0.25) is 0 Å². The van der Waals surface area contributed by atoms with Gasteiger partial charge in [-0.05, 0) is 77.0 Å². The molecule has 0 bridgehead atoms. The quantitative estimate of drug-likeness (QED) is 0.0261. The van der Waals surface area contributed by atoms with Gasteiger partial charge in [0.1, 0.15) is 13.2 Å². The van der Waals surface area contributed by atoms with Crippen LogP contribution in [0.5, 0.6) is 0 Å². The molecule has 0 spiro atoms. The number of unbranched alkanes of at least 4 members (excludes halogenated alkanes) is 31. The van der Waals surface area contributed by atoms with Crippen LogP contribution in [-0.2, 0) is 28.6 Å². The van der Waals surface area contributed by atoms with Crippen molar-refractivity contribution in [1.29, 1.82) is 0 Å². The molecule has 0 aromatic carbocycles. The smallest absolute Gasteiger partial charge is 0.310 e. The van der Waals surface area contributed by atoms with Gasteiger partial charge >= 0.3 is 17.9 Å². The summed E-state index contributed by atoms with van der Waals surface area (Å²) in [5.41, 5.74) is 0. The molecule has 0 aromatic rings. The van der Waals surface area contributed by atoms with Gasteiger partial charge in [-0.1, -0.05) is 286 Å². The number of hydrogen-bond acceptors (Lipinski definition) is 6. The first-order valence-corrected chi connectivity index (χ1v) is 30.6. The van der Waals surface area contributed by atoms with Crippen LogP contribution in [0.15, 0.2) is 85.1 Å². The molecule has 0 saturated carbocycles. The monoisotopic (exact) mass is 1000 g/mol. The summed E-state index contributed by atoms with van der Waals surface area (Å²) in [6, 6.07) is 0. The third-order valence-corrected chi connectivity index (χ3v) is 13.2. The van der Waals surface area contributed by atoms with Gasteiger partial charge in [-0.25, -0.2) is 0 Å². The molecule has 6 heteroatoms. The third kappa shape index (κ3) is 57.5. The van der Waals surface area contributed by atoms with Crippen molar-refractivity contribution in [3.8, 4) is 0 Å². The van der Waals surface area contributed by atoms with Crippen molar-refractivity contribution < 1.29 is 28.6 Å². The zero-order valence-corrected chi connectivity index (χ0v) is 47.4. The lowest BCUT2D eigenvalue weighted by molar-refractivity contribution is -0.166. The Hall–Kier alpha value is -3.41. The first kappa shape index (κ1) is 68.6. The van der Waals surface area contributed by atoms with Gasteiger partial charge < -0.3 is 14.2 Å². The van der Waals surface area contributed by atoms with Crippen LogP contribution in [0.3, 0.4) is 0 Å². The van der Waals surface area contributed by atoms with E-state index in [9.17, 15) is 14.4 Å². The Balaban J connectivity index is 4.35. The molecular formula is C66H114O6. The lowest BCUT2D eigenvalue weighted by Crippen LogP contribution is -2.30. The normalized spacial score (nSPS) is 12.7. The molecule has 0 N–H and O–H groups in total. The second-order valence-corrected chi connectivity index (χ2v) is 20.3. The summed E-state index contributed by atoms with van der Waals surface area (Å²) >= 11 is 0. The van der Waals surface area contributed by atoms with Crippen LogP contribution in [-0.4, -0.2) is 37.2 Å². The standard InChI is InChI=1S/C66H114O6/c1-4-7-10-13-16-19-22-25-28-29-30-31-32-33-34-35-36-37-39-41-44-47-50-53-56-59-65(68)71-62-63(61-70-64(67)58-55-52-49-46-43-40-27-24-21-18-15-12-9-6-3)72-66(69)60-57-54-51-48-45-42-38-26-23-20-17-14-11-8-5-2/h8,11,17,20,22,25-26,29-30,38,45,48,54,57,63H,4-7,9-10,12-16,18-19,21,23-24,27-28,31-37,39-44,46-47,49-53,55-56,58-62H2,1-3H3/b11-8-,20-17-,25-22-,30-29-,38-26-,48-45-,57-54-. The molecule has 1 atom stereocenters. The molecule has 0 radical (unpaired) electrons. The molecule has 0 amide bonds. The van der Waals surface area contributed by atoms with E-state index in [4.69, 9.17) is 14.2 Å². The van der Waals surface area contributed by atoms with E-state index in [1.807, 2.05) is 6.08 Å². The van der Waals surface area contributed by atoms with Crippen LogP contribution >= 0.6 is 0 Å². The fourth-order valence-electron chi connectivity index (χ4n) is 8.61. The molecule has 0 aliphatic carbocycles. The van der Waals surface area contributed by atoms with Crippen LogP contribution in [0.1, 0.15) is 297 Å². The van der Waals surface area contributed by atoms with Gasteiger partial charge in [0, 0.05) is 12.8 Å². The molecule has 6 nitrogen and oxygen atoms in total. The lowest BCUT2D eigenvalue weighted by Gasteiger charge is -2.18. The molecule has 414 valence electrons. The topological polar surface area (TPSA) is 78.9 Å². The van der Waals surface area contributed by atoms with Crippen molar-refractivity contribution in [3.63, 3.8) is 0 Å². The highest BCUT2D eigenvalue weighted by atomic mass is 16.6. The van der Waals surface area contributed by atoms with Gasteiger partial charge in [-0.3, -0.25) is 14.4 Å². The summed E-state index contributed by atoms with van der Waals surface area (Å²) in [4.78, 5) is 38.1. The van der Waals surface area contributed by atoms with Crippen LogP contribution in [0.25, 0.3) is 0 Å². The van der Waals surface area contributed by atoms with Crippen molar-refractivity contribution in [2.45, 2.75) is 303 Å². The van der Waals surface area contributed by atoms with Gasteiger partial charge in [0.25, 0.3) is 0 Å². The van der Waals surface area contributed by atoms with Crippen LogP contribution in [0.4, 0.5) is 0 Å². The number of ether oxygens (including phenoxy) is 3. The number of esters is 3. The first-order chi connectivity index (χ1) is 35.5. The van der Waals surface area contributed by atoms with E-state index < -0.39 is 12.1 Å². The maximum Gasteiger partial charge on any atom is 0.310 e. The first-order valence-electron chi connectivity index (χ1n) is 30.6. The van der Waals surface area contributed by atoms with E-state index in [1.54, 1.807) is 6.08 Å². The zero-order valence-electron chi connectivity index (χ0n) is 47.4. The van der Waals surface area contributed by atoms with E-state index in [2.05, 4.69) is 93.7 Å². The molecule has 0 aliphatic rings. The van der Waals surface area contributed by atoms with E-state index in [1.165, 1.54) is 180 Å². The Kier molecular flexibility index (Phi) is 57.3. The molecule has 1 unspecified atom stereocenters. The molecule has 0 fully saturated rings. The minimum absolute atomic E-state index is 0.0985. The highest BCUT2D eigenvalue weighted by Crippen LogP contribution is 2.16. The predicted molar refractivity (Wildman–Crippen MR) is 311 cm³/mol. The highest BCUT2D eigenvalue weighted by molar-refractivity contribution is 5.72. The number of hydrogen-bond donors (Lipinski definition) is 0. The molecule has 0 aliphatic heterocycles. The summed E-state index contributed by atoms with van der Waals surface area (Å²) in [5, 5.41) is 0. The molecule has 0 rings (SSSR count). The van der Waals surface area contributed by atoms with Crippen LogP contribution < -0.4 is 0 Å². The number of carbonyl (C=O) groups is 3. The highest BCUT2D eigenvalue weighted by Gasteiger charge is 2.19. The maximum absolute atomic E-state index is 12.8. The number of allylic oxidation sites excluding steroid dienone is 13. The number of rotatable bonds is 55. The van der Waals surface area contributed by atoms with E-state index in [0.29, 0.717) is 12.8 Å². The average molecular weight is 1000 g/mol. The number of carbonyl (C=O) groups excluding carboxylic acids is 3. The Labute approximate surface area is 445 Å². The molecule has 0 heterocycles. The van der Waals surface area contributed by atoms with Crippen molar-refractivity contribution in [2.75, 3.05) is 13.2 Å². The summed E-state index contributed by atoms with van der Waals surface area (Å²) in [5.74, 6) is -1.03. The maximum atomic E-state index is 12.8. The van der Waals surface area contributed by atoms with Gasteiger partial charge in [0.15, 0.2) is 6.10 Å². The Morgan fingerprint density at radius 1 is 0.306 bits per heavy atom. The zero-order chi connectivity index (χ0) is 52.2. The second-order valence-electron chi connectivity index (χ2n) is 20.3. The van der Waals surface area contributed by atoms with E-state index in [0.717, 1.165) is 77.0 Å². The lowest BCUT2D eigenvalue weighted by atomic mass is 10.0. The second kappa shape index (κ2) is 60.1. The molecule has 0 aromatic heterocycles. The largest absolute Gasteiger partial charge is 0.462 e. The summed E-state index contributed by atoms with van der Waals surface area (Å²) in [6.07, 6.45) is 79.0. The summed E-state index contributed by atoms with van der Waals surface area (Å²) in [7, 11) is 0. The average Bonchev–Trinajstić information content (AvgIpc) is 3.38. The Morgan fingerprint density at radius 2 is 0.583 bits per heavy atom. The Morgan fingerprint density at radius 3 is 0.917 bits per heavy atom. The van der Waals surface area contributed by atoms with Crippen molar-refractivity contribution in [2.24, 2.45) is 0 Å². The van der Waals surface area contributed by atoms with Gasteiger partial charge in [-0.15, -0.1) is 0 Å². The minimum Gasteiger partial charge on any atom is -0.462 e.